The van der Waals surface area contributed by atoms with Crippen LogP contribution in [0, 0.1) is 47.0 Å². The molecular formula is C42H59BrFNO. The second-order valence-corrected chi connectivity index (χ2v) is 8.64. The first-order valence-corrected chi connectivity index (χ1v) is 16.2. The molecule has 0 fully saturated rings. The van der Waals surface area contributed by atoms with Gasteiger partial charge < -0.3 is 9.95 Å². The quantitative estimate of drug-likeness (QED) is 0.127. The number of alkyl halides is 1. The maximum absolute atomic E-state index is 12.2. The van der Waals surface area contributed by atoms with Gasteiger partial charge in [0.1, 0.15) is 5.82 Å². The van der Waals surface area contributed by atoms with Crippen LogP contribution in [0.2, 0.25) is 0 Å². The van der Waals surface area contributed by atoms with Crippen LogP contribution in [0.4, 0.5) is 4.39 Å². The lowest BCUT2D eigenvalue weighted by Gasteiger charge is -1.87. The SMILES string of the molecule is C.CBr.CC.CO.Cc1cccc(F)c1.Cc1ccccc1.Cc1ccccc1.Cc1ccccc1.Cc1ccccc1.[C-]#[N+]C. The van der Waals surface area contributed by atoms with Crippen molar-refractivity contribution >= 4 is 15.9 Å². The smallest absolute Gasteiger partial charge is 0.205 e. The fourth-order valence-corrected chi connectivity index (χ4v) is 2.74. The summed E-state index contributed by atoms with van der Waals surface area (Å²) in [6.45, 7) is 20.0. The van der Waals surface area contributed by atoms with Gasteiger partial charge in [-0.25, -0.2) is 11.0 Å². The second kappa shape index (κ2) is 43.1. The van der Waals surface area contributed by atoms with Crippen molar-refractivity contribution in [2.24, 2.45) is 0 Å². The van der Waals surface area contributed by atoms with E-state index in [2.05, 4.69) is 97.0 Å². The number of hydrogen-bond donors (Lipinski definition) is 1. The van der Waals surface area contributed by atoms with Crippen LogP contribution in [-0.4, -0.2) is 25.1 Å². The van der Waals surface area contributed by atoms with Gasteiger partial charge in [-0.05, 0) is 58.1 Å². The maximum atomic E-state index is 12.2. The van der Waals surface area contributed by atoms with Crippen molar-refractivity contribution in [2.45, 2.75) is 55.9 Å². The molecule has 0 saturated heterocycles. The Morgan fingerprint density at radius 1 is 0.478 bits per heavy atom. The van der Waals surface area contributed by atoms with Gasteiger partial charge in [-0.1, -0.05) is 193 Å². The van der Waals surface area contributed by atoms with Crippen molar-refractivity contribution in [1.29, 1.82) is 0 Å². The zero-order valence-electron chi connectivity index (χ0n) is 29.0. The fraction of sp³-hybridized carbons (Fsp3) is 0.262. The van der Waals surface area contributed by atoms with Gasteiger partial charge in [-0.2, -0.15) is 0 Å². The first-order valence-electron chi connectivity index (χ1n) is 14.6. The van der Waals surface area contributed by atoms with E-state index in [1.54, 1.807) is 6.07 Å². The van der Waals surface area contributed by atoms with E-state index in [9.17, 15) is 4.39 Å². The molecule has 0 spiro atoms. The zero-order chi connectivity index (χ0) is 35.1. The van der Waals surface area contributed by atoms with E-state index >= 15 is 0 Å². The van der Waals surface area contributed by atoms with Crippen molar-refractivity contribution in [3.63, 3.8) is 0 Å². The number of aryl methyl sites for hydroxylation is 5. The van der Waals surface area contributed by atoms with Crippen LogP contribution in [0.25, 0.3) is 4.85 Å². The van der Waals surface area contributed by atoms with Gasteiger partial charge in [0.25, 0.3) is 0 Å². The minimum atomic E-state index is -0.162. The van der Waals surface area contributed by atoms with Crippen LogP contribution in [0.15, 0.2) is 146 Å². The largest absolute Gasteiger partial charge is 0.400 e. The lowest BCUT2D eigenvalue weighted by atomic mass is 10.2. The molecule has 0 unspecified atom stereocenters. The molecule has 0 aliphatic heterocycles. The molecule has 252 valence electrons. The van der Waals surface area contributed by atoms with Crippen LogP contribution in [0.1, 0.15) is 49.1 Å². The molecular weight excluding hydrogens is 633 g/mol. The molecule has 0 aliphatic rings. The summed E-state index contributed by atoms with van der Waals surface area (Å²) in [5.74, 6) is 1.65. The second-order valence-electron chi connectivity index (χ2n) is 8.64. The minimum Gasteiger partial charge on any atom is -0.400 e. The summed E-state index contributed by atoms with van der Waals surface area (Å²) in [5.41, 5.74) is 6.25. The van der Waals surface area contributed by atoms with Gasteiger partial charge in [0.15, 0.2) is 0 Å². The Morgan fingerprint density at radius 2 is 0.674 bits per heavy atom. The Morgan fingerprint density at radius 3 is 0.783 bits per heavy atom. The molecule has 0 amide bonds. The van der Waals surface area contributed by atoms with E-state index in [-0.39, 0.29) is 13.2 Å². The average molecular weight is 693 g/mol. The van der Waals surface area contributed by atoms with E-state index in [0.717, 1.165) is 12.7 Å². The molecule has 5 aromatic carbocycles. The molecule has 4 heteroatoms. The van der Waals surface area contributed by atoms with Gasteiger partial charge in [0.05, 0.1) is 0 Å². The molecule has 5 rings (SSSR count). The number of halogens is 2. The predicted molar refractivity (Wildman–Crippen MR) is 209 cm³/mol. The summed E-state index contributed by atoms with van der Waals surface area (Å²) >= 11 is 2.94. The van der Waals surface area contributed by atoms with Crippen LogP contribution >= 0.6 is 15.9 Å². The van der Waals surface area contributed by atoms with Gasteiger partial charge in [0, 0.05) is 7.11 Å². The van der Waals surface area contributed by atoms with E-state index in [4.69, 9.17) is 11.7 Å². The lowest BCUT2D eigenvalue weighted by Crippen LogP contribution is -1.72. The normalized spacial score (nSPS) is 7.48. The minimum absolute atomic E-state index is 0. The predicted octanol–water partition coefficient (Wildman–Crippen LogP) is 12.9. The molecule has 0 aliphatic carbocycles. The van der Waals surface area contributed by atoms with Crippen LogP contribution in [-0.2, 0) is 0 Å². The van der Waals surface area contributed by atoms with Crippen molar-refractivity contribution < 1.29 is 9.50 Å². The van der Waals surface area contributed by atoms with Gasteiger partial charge >= 0.3 is 0 Å². The highest BCUT2D eigenvalue weighted by atomic mass is 79.9. The van der Waals surface area contributed by atoms with Crippen molar-refractivity contribution in [3.05, 3.63) is 191 Å². The third-order valence-corrected chi connectivity index (χ3v) is 4.74. The molecule has 2 nitrogen and oxygen atoms in total. The Kier molecular flexibility index (Phi) is 48.3. The molecule has 0 aromatic heterocycles. The Bertz CT molecular complexity index is 1090. The van der Waals surface area contributed by atoms with Crippen LogP contribution < -0.4 is 0 Å². The third-order valence-electron chi connectivity index (χ3n) is 4.74. The van der Waals surface area contributed by atoms with Gasteiger partial charge in [-0.3, -0.25) is 0 Å². The third kappa shape index (κ3) is 42.1. The first kappa shape index (κ1) is 51.5. The first-order chi connectivity index (χ1) is 21.8. The van der Waals surface area contributed by atoms with Crippen LogP contribution in [0.3, 0.4) is 0 Å². The van der Waals surface area contributed by atoms with Crippen molar-refractivity contribution in [2.75, 3.05) is 20.0 Å². The Balaban J connectivity index is -0.000000143. The van der Waals surface area contributed by atoms with E-state index < -0.39 is 0 Å². The van der Waals surface area contributed by atoms with Crippen molar-refractivity contribution in [3.8, 4) is 0 Å². The summed E-state index contributed by atoms with van der Waals surface area (Å²) < 4.78 is 12.2. The molecule has 0 saturated carbocycles. The lowest BCUT2D eigenvalue weighted by molar-refractivity contribution is 0.399. The highest BCUT2D eigenvalue weighted by Crippen LogP contribution is 1.99. The number of nitrogens with zero attached hydrogens (tertiary/aromatic N) is 1. The Hall–Kier alpha value is -4.04. The highest BCUT2D eigenvalue weighted by molar-refractivity contribution is 9.08. The van der Waals surface area contributed by atoms with E-state index in [1.807, 2.05) is 105 Å². The van der Waals surface area contributed by atoms with Crippen molar-refractivity contribution in [1.82, 2.24) is 0 Å². The molecule has 0 atom stereocenters. The number of aliphatic hydroxyl groups is 1. The summed E-state index contributed by atoms with van der Waals surface area (Å²) in [7, 11) is 2.42. The standard InChI is InChI=1S/C7H7F.4C7H8.C2H3N.C2H6.CH3Br.CH4O.CH4/c1-6-3-2-4-7(8)5-6;4*1-7-5-3-2-4-6-7;1-3-2;3*1-2;/h2-5H,1H3;4*2-6H,1H3;1H3;1-2H3;1H3;2H,1H3;1H4. The number of benzene rings is 5. The molecule has 46 heavy (non-hydrogen) atoms. The highest BCUT2D eigenvalue weighted by Gasteiger charge is 1.84. The Labute approximate surface area is 291 Å². The fourth-order valence-electron chi connectivity index (χ4n) is 2.74. The molecule has 0 heterocycles. The average Bonchev–Trinajstić information content (AvgIpc) is 3.07. The van der Waals surface area contributed by atoms with E-state index in [1.165, 1.54) is 41.4 Å². The monoisotopic (exact) mass is 691 g/mol. The van der Waals surface area contributed by atoms with Gasteiger partial charge in [0.2, 0.25) is 7.05 Å². The number of rotatable bonds is 0. The molecule has 0 bridgehead atoms. The summed E-state index contributed by atoms with van der Waals surface area (Å²) in [6.07, 6.45) is 0. The van der Waals surface area contributed by atoms with Gasteiger partial charge in [-0.15, -0.1) is 0 Å². The topological polar surface area (TPSA) is 24.6 Å². The zero-order valence-corrected chi connectivity index (χ0v) is 30.6. The maximum Gasteiger partial charge on any atom is 0.205 e. The molecule has 5 aromatic rings. The number of hydrogen-bond acceptors (Lipinski definition) is 1. The summed E-state index contributed by atoms with van der Waals surface area (Å²) in [5, 5.41) is 7.00. The molecule has 0 radical (unpaired) electrons. The number of aliphatic hydroxyl groups excluding tert-OH is 1. The summed E-state index contributed by atoms with van der Waals surface area (Å²) in [6, 6.07) is 47.5. The van der Waals surface area contributed by atoms with E-state index in [0.29, 0.717) is 0 Å². The molecule has 1 N–H and O–H groups in total. The van der Waals surface area contributed by atoms with Crippen LogP contribution in [0.5, 0.6) is 0 Å². The summed E-state index contributed by atoms with van der Waals surface area (Å²) in [4.78, 5) is 2.75.